The highest BCUT2D eigenvalue weighted by Crippen LogP contribution is 2.33. The molecule has 2 aromatic rings. The van der Waals surface area contributed by atoms with Gasteiger partial charge in [0.05, 0.1) is 12.8 Å². The van der Waals surface area contributed by atoms with Crippen molar-refractivity contribution in [2.24, 2.45) is 11.8 Å². The Bertz CT molecular complexity index is 710. The van der Waals surface area contributed by atoms with Crippen molar-refractivity contribution in [3.8, 4) is 17.0 Å². The highest BCUT2D eigenvalue weighted by atomic mass is 32.1. The summed E-state index contributed by atoms with van der Waals surface area (Å²) < 4.78 is 5.41. The Morgan fingerprint density at radius 3 is 2.91 bits per heavy atom. The fourth-order valence-electron chi connectivity index (χ4n) is 2.57. The Hall–Kier alpha value is -1.92. The summed E-state index contributed by atoms with van der Waals surface area (Å²) in [6, 6.07) is 5.99. The van der Waals surface area contributed by atoms with E-state index in [1.165, 1.54) is 11.3 Å². The van der Waals surface area contributed by atoms with E-state index in [2.05, 4.69) is 15.6 Å². The lowest BCUT2D eigenvalue weighted by Gasteiger charge is -2.31. The number of aryl methyl sites for hydroxylation is 1. The van der Waals surface area contributed by atoms with E-state index in [1.54, 1.807) is 7.11 Å². The minimum atomic E-state index is -0.00268. The van der Waals surface area contributed by atoms with Crippen LogP contribution in [0.2, 0.25) is 0 Å². The number of nitrogens with zero attached hydrogens (tertiary/aromatic N) is 1. The van der Waals surface area contributed by atoms with E-state index >= 15 is 0 Å². The van der Waals surface area contributed by atoms with Gasteiger partial charge in [0.2, 0.25) is 5.91 Å². The lowest BCUT2D eigenvalue weighted by molar-refractivity contribution is -0.121. The molecule has 2 N–H and O–H groups in total. The molecule has 1 aliphatic heterocycles. The van der Waals surface area contributed by atoms with E-state index in [0.717, 1.165) is 35.7 Å². The van der Waals surface area contributed by atoms with Gasteiger partial charge < -0.3 is 15.4 Å². The van der Waals surface area contributed by atoms with Gasteiger partial charge in [-0.15, -0.1) is 11.3 Å². The Labute approximate surface area is 140 Å². The van der Waals surface area contributed by atoms with Crippen LogP contribution in [0.4, 0.5) is 5.13 Å². The normalized spacial score (nSPS) is 15.8. The second-order valence-corrected chi connectivity index (χ2v) is 6.80. The minimum absolute atomic E-state index is 0.00268. The highest BCUT2D eigenvalue weighted by molar-refractivity contribution is 7.14. The summed E-state index contributed by atoms with van der Waals surface area (Å²) in [7, 11) is 1.65. The van der Waals surface area contributed by atoms with Crippen molar-refractivity contribution < 1.29 is 9.53 Å². The van der Waals surface area contributed by atoms with E-state index in [-0.39, 0.29) is 11.8 Å². The predicted octanol–water partition coefficient (Wildman–Crippen LogP) is 2.92. The molecule has 0 radical (unpaired) electrons. The number of anilines is 1. The van der Waals surface area contributed by atoms with Gasteiger partial charge in [-0.2, -0.15) is 0 Å². The number of ether oxygens (including phenoxy) is 1. The summed E-state index contributed by atoms with van der Waals surface area (Å²) in [6.45, 7) is 5.83. The van der Waals surface area contributed by atoms with Crippen LogP contribution in [0.5, 0.6) is 5.75 Å². The van der Waals surface area contributed by atoms with Crippen molar-refractivity contribution in [2.45, 2.75) is 13.8 Å². The van der Waals surface area contributed by atoms with Gasteiger partial charge in [0.15, 0.2) is 5.13 Å². The number of carbonyl (C=O) groups excluding carboxylic acids is 1. The monoisotopic (exact) mass is 331 g/mol. The number of benzene rings is 1. The van der Waals surface area contributed by atoms with Gasteiger partial charge in [0.1, 0.15) is 5.75 Å². The number of rotatable bonds is 5. The smallest absolute Gasteiger partial charge is 0.229 e. The van der Waals surface area contributed by atoms with Gasteiger partial charge in [-0.3, -0.25) is 4.79 Å². The highest BCUT2D eigenvalue weighted by Gasteiger charge is 2.29. The minimum Gasteiger partial charge on any atom is -0.496 e. The predicted molar refractivity (Wildman–Crippen MR) is 93.0 cm³/mol. The van der Waals surface area contributed by atoms with Crippen LogP contribution in [0.15, 0.2) is 23.6 Å². The molecular formula is C17H21N3O2S. The summed E-state index contributed by atoms with van der Waals surface area (Å²) in [6.07, 6.45) is 0. The van der Waals surface area contributed by atoms with Crippen LogP contribution in [-0.4, -0.2) is 31.1 Å². The molecule has 0 saturated carbocycles. The van der Waals surface area contributed by atoms with E-state index in [1.807, 2.05) is 37.4 Å². The summed E-state index contributed by atoms with van der Waals surface area (Å²) in [5.41, 5.74) is 2.91. The zero-order chi connectivity index (χ0) is 16.4. The third-order valence-electron chi connectivity index (χ3n) is 4.30. The van der Waals surface area contributed by atoms with E-state index < -0.39 is 0 Å². The third kappa shape index (κ3) is 3.38. The first-order chi connectivity index (χ1) is 11.1. The third-order valence-corrected chi connectivity index (χ3v) is 5.06. The number of methoxy groups -OCH3 is 1. The second-order valence-electron chi connectivity index (χ2n) is 5.94. The lowest BCUT2D eigenvalue weighted by Crippen LogP contribution is -2.48. The van der Waals surface area contributed by atoms with E-state index in [9.17, 15) is 4.79 Å². The summed E-state index contributed by atoms with van der Waals surface area (Å²) in [4.78, 5) is 16.8. The molecule has 1 aromatic carbocycles. The molecule has 1 aromatic heterocycles. The van der Waals surface area contributed by atoms with Crippen molar-refractivity contribution in [1.82, 2.24) is 10.3 Å². The molecule has 1 aliphatic rings. The Kier molecular flexibility index (Phi) is 4.63. The van der Waals surface area contributed by atoms with Gasteiger partial charge in [-0.1, -0.05) is 18.6 Å². The Morgan fingerprint density at radius 1 is 1.48 bits per heavy atom. The first kappa shape index (κ1) is 16.0. The summed E-state index contributed by atoms with van der Waals surface area (Å²) >= 11 is 1.44. The number of amides is 1. The van der Waals surface area contributed by atoms with Crippen molar-refractivity contribution in [3.63, 3.8) is 0 Å². The fraction of sp³-hybridized carbons (Fsp3) is 0.412. The van der Waals surface area contributed by atoms with Crippen molar-refractivity contribution in [1.29, 1.82) is 0 Å². The average Bonchev–Trinajstić information content (AvgIpc) is 2.93. The van der Waals surface area contributed by atoms with Crippen molar-refractivity contribution in [2.75, 3.05) is 25.5 Å². The van der Waals surface area contributed by atoms with Crippen LogP contribution in [0.3, 0.4) is 0 Å². The number of thiazole rings is 1. The molecule has 23 heavy (non-hydrogen) atoms. The van der Waals surface area contributed by atoms with Crippen molar-refractivity contribution >= 4 is 22.4 Å². The fourth-order valence-corrected chi connectivity index (χ4v) is 3.29. The van der Waals surface area contributed by atoms with Gasteiger partial charge in [-0.05, 0) is 38.1 Å². The Morgan fingerprint density at radius 2 is 2.26 bits per heavy atom. The maximum absolute atomic E-state index is 12.3. The first-order valence-corrected chi connectivity index (χ1v) is 8.58. The topological polar surface area (TPSA) is 63.2 Å². The van der Waals surface area contributed by atoms with Crippen LogP contribution >= 0.6 is 11.3 Å². The number of hydrogen-bond donors (Lipinski definition) is 2. The lowest BCUT2D eigenvalue weighted by atomic mass is 9.88. The quantitative estimate of drug-likeness (QED) is 0.884. The molecule has 0 spiro atoms. The second kappa shape index (κ2) is 6.68. The van der Waals surface area contributed by atoms with E-state index in [0.29, 0.717) is 11.0 Å². The molecule has 0 bridgehead atoms. The average molecular weight is 331 g/mol. The van der Waals surface area contributed by atoms with Crippen LogP contribution in [-0.2, 0) is 4.79 Å². The molecule has 1 atom stereocenters. The molecular weight excluding hydrogens is 310 g/mol. The van der Waals surface area contributed by atoms with Crippen LogP contribution in [0.1, 0.15) is 12.5 Å². The SMILES string of the molecule is COc1ccc(C)cc1-c1csc(NC(=O)C(C)C2CNC2)n1. The molecule has 1 saturated heterocycles. The number of hydrogen-bond acceptors (Lipinski definition) is 5. The van der Waals surface area contributed by atoms with Gasteiger partial charge in [-0.25, -0.2) is 4.98 Å². The summed E-state index contributed by atoms with van der Waals surface area (Å²) in [5.74, 6) is 1.24. The standard InChI is InChI=1S/C17H21N3O2S/c1-10-4-5-15(22-3)13(6-10)14-9-23-17(19-14)20-16(21)11(2)12-7-18-8-12/h4-6,9,11-12,18H,7-8H2,1-3H3,(H,19,20,21). The molecule has 6 heteroatoms. The number of carbonyl (C=O) groups is 1. The van der Waals surface area contributed by atoms with Gasteiger partial charge in [0, 0.05) is 16.9 Å². The zero-order valence-corrected chi connectivity index (χ0v) is 14.4. The largest absolute Gasteiger partial charge is 0.496 e. The summed E-state index contributed by atoms with van der Waals surface area (Å²) in [5, 5.41) is 8.71. The molecule has 0 aliphatic carbocycles. The molecule has 3 rings (SSSR count). The van der Waals surface area contributed by atoms with Crippen molar-refractivity contribution in [3.05, 3.63) is 29.1 Å². The molecule has 1 unspecified atom stereocenters. The van der Waals surface area contributed by atoms with Gasteiger partial charge in [0.25, 0.3) is 0 Å². The molecule has 1 amide bonds. The number of aromatic nitrogens is 1. The molecule has 122 valence electrons. The maximum atomic E-state index is 12.3. The zero-order valence-electron chi connectivity index (χ0n) is 13.6. The van der Waals surface area contributed by atoms with E-state index in [4.69, 9.17) is 4.74 Å². The van der Waals surface area contributed by atoms with Crippen LogP contribution in [0.25, 0.3) is 11.3 Å². The van der Waals surface area contributed by atoms with Crippen LogP contribution < -0.4 is 15.4 Å². The first-order valence-electron chi connectivity index (χ1n) is 7.70. The Balaban J connectivity index is 1.75. The molecule has 5 nitrogen and oxygen atoms in total. The molecule has 1 fully saturated rings. The maximum Gasteiger partial charge on any atom is 0.229 e. The molecule has 2 heterocycles. The number of nitrogens with one attached hydrogen (secondary N) is 2. The van der Waals surface area contributed by atoms with Crippen LogP contribution in [0, 0.1) is 18.8 Å². The van der Waals surface area contributed by atoms with Gasteiger partial charge >= 0.3 is 0 Å².